The molecule has 0 bridgehead atoms. The van der Waals surface area contributed by atoms with Crippen molar-refractivity contribution in [3.05, 3.63) is 0 Å². The third-order valence-electron chi connectivity index (χ3n) is 2.84. The van der Waals surface area contributed by atoms with E-state index in [0.717, 1.165) is 0 Å². The number of rotatable bonds is 1. The molecule has 1 saturated heterocycles. The predicted molar refractivity (Wildman–Crippen MR) is 56.9 cm³/mol. The molecule has 3 unspecified atom stereocenters. The number of hydrogen-bond acceptors (Lipinski definition) is 2. The molecule has 0 aromatic heterocycles. The van der Waals surface area contributed by atoms with Crippen LogP contribution < -0.4 is 10.6 Å². The highest BCUT2D eigenvalue weighted by molar-refractivity contribution is 5.85. The van der Waals surface area contributed by atoms with E-state index in [2.05, 4.69) is 5.32 Å². The van der Waals surface area contributed by atoms with Crippen molar-refractivity contribution in [3.8, 4) is 0 Å². The van der Waals surface area contributed by atoms with Crippen molar-refractivity contribution in [2.45, 2.75) is 37.8 Å². The standard InChI is InChI=1S/C9H12F6N2O.ClH/c1-4-2-3-16-6(8(10,11)12)5(4)17-7(18)9(13,14)15;/h4-6,16H,2-3H2,1H3,(H,17,18);1H. The molecule has 0 saturated carbocycles. The van der Waals surface area contributed by atoms with Crippen molar-refractivity contribution in [1.82, 2.24) is 10.6 Å². The summed E-state index contributed by atoms with van der Waals surface area (Å²) in [5, 5.41) is 3.51. The highest BCUT2D eigenvalue weighted by Gasteiger charge is 2.50. The average molecular weight is 315 g/mol. The first-order valence-corrected chi connectivity index (χ1v) is 5.21. The summed E-state index contributed by atoms with van der Waals surface area (Å²) in [6.07, 6.45) is -9.64. The molecule has 0 radical (unpaired) electrons. The van der Waals surface area contributed by atoms with Crippen LogP contribution in [0.25, 0.3) is 0 Å². The van der Waals surface area contributed by atoms with E-state index in [1.54, 1.807) is 0 Å². The topological polar surface area (TPSA) is 41.1 Å². The molecule has 10 heteroatoms. The Labute approximate surface area is 111 Å². The second-order valence-electron chi connectivity index (χ2n) is 4.24. The van der Waals surface area contributed by atoms with E-state index in [4.69, 9.17) is 0 Å². The first kappa shape index (κ1) is 18.3. The predicted octanol–water partition coefficient (Wildman–Crippen LogP) is 2.02. The fourth-order valence-corrected chi connectivity index (χ4v) is 1.88. The summed E-state index contributed by atoms with van der Waals surface area (Å²) in [4.78, 5) is 10.7. The van der Waals surface area contributed by atoms with Gasteiger partial charge >= 0.3 is 18.3 Å². The lowest BCUT2D eigenvalue weighted by Gasteiger charge is -2.38. The molecule has 1 amide bonds. The van der Waals surface area contributed by atoms with E-state index >= 15 is 0 Å². The number of carbonyl (C=O) groups is 1. The lowest BCUT2D eigenvalue weighted by atomic mass is 9.88. The SMILES string of the molecule is CC1CCNC(C(F)(F)F)C1NC(=O)C(F)(F)F.Cl. The molecule has 1 fully saturated rings. The molecular formula is C9H13ClF6N2O. The largest absolute Gasteiger partial charge is 0.471 e. The van der Waals surface area contributed by atoms with Gasteiger partial charge in [0.05, 0.1) is 6.04 Å². The highest BCUT2D eigenvalue weighted by atomic mass is 35.5. The fraction of sp³-hybridized carbons (Fsp3) is 0.889. The molecule has 3 nitrogen and oxygen atoms in total. The number of amides is 1. The summed E-state index contributed by atoms with van der Waals surface area (Å²) in [7, 11) is 0. The number of piperidine rings is 1. The summed E-state index contributed by atoms with van der Waals surface area (Å²) >= 11 is 0. The van der Waals surface area contributed by atoms with Crippen molar-refractivity contribution in [3.63, 3.8) is 0 Å². The molecule has 2 N–H and O–H groups in total. The normalized spacial score (nSPS) is 28.5. The lowest BCUT2D eigenvalue weighted by molar-refractivity contribution is -0.184. The molecule has 0 aromatic rings. The number of hydrogen-bond donors (Lipinski definition) is 2. The Bertz CT molecular complexity index is 319. The van der Waals surface area contributed by atoms with Gasteiger partial charge in [-0.2, -0.15) is 26.3 Å². The van der Waals surface area contributed by atoms with E-state index in [1.165, 1.54) is 12.2 Å². The zero-order valence-corrected chi connectivity index (χ0v) is 10.5. The Kier molecular flexibility index (Phi) is 5.94. The Hall–Kier alpha value is -0.700. The molecule has 1 heterocycles. The van der Waals surface area contributed by atoms with Crippen molar-refractivity contribution in [1.29, 1.82) is 0 Å². The summed E-state index contributed by atoms with van der Waals surface area (Å²) in [5.74, 6) is -3.04. The second-order valence-corrected chi connectivity index (χ2v) is 4.24. The van der Waals surface area contributed by atoms with Gasteiger partial charge in [0.25, 0.3) is 0 Å². The van der Waals surface area contributed by atoms with Gasteiger partial charge in [0, 0.05) is 0 Å². The summed E-state index contributed by atoms with van der Waals surface area (Å²) < 4.78 is 74.0. The second kappa shape index (κ2) is 6.17. The third-order valence-corrected chi connectivity index (χ3v) is 2.84. The van der Waals surface area contributed by atoms with Crippen LogP contribution >= 0.6 is 12.4 Å². The molecule has 114 valence electrons. The van der Waals surface area contributed by atoms with Crippen LogP contribution in [0, 0.1) is 5.92 Å². The minimum Gasteiger partial charge on any atom is -0.343 e. The van der Waals surface area contributed by atoms with Gasteiger partial charge in [0.15, 0.2) is 0 Å². The van der Waals surface area contributed by atoms with Crippen LogP contribution in [0.1, 0.15) is 13.3 Å². The number of alkyl halides is 6. The van der Waals surface area contributed by atoms with Gasteiger partial charge in [0.1, 0.15) is 6.04 Å². The average Bonchev–Trinajstić information content (AvgIpc) is 2.17. The molecule has 1 rings (SSSR count). The van der Waals surface area contributed by atoms with Crippen LogP contribution in [0.2, 0.25) is 0 Å². The number of carbonyl (C=O) groups excluding carboxylic acids is 1. The van der Waals surface area contributed by atoms with Crippen molar-refractivity contribution >= 4 is 18.3 Å². The Morgan fingerprint density at radius 2 is 1.74 bits per heavy atom. The van der Waals surface area contributed by atoms with Gasteiger partial charge in [-0.05, 0) is 18.9 Å². The van der Waals surface area contributed by atoms with E-state index in [-0.39, 0.29) is 25.4 Å². The van der Waals surface area contributed by atoms with E-state index < -0.39 is 36.3 Å². The van der Waals surface area contributed by atoms with Gasteiger partial charge in [-0.3, -0.25) is 4.79 Å². The molecule has 0 spiro atoms. The zero-order valence-electron chi connectivity index (χ0n) is 9.73. The van der Waals surface area contributed by atoms with Gasteiger partial charge < -0.3 is 10.6 Å². The van der Waals surface area contributed by atoms with Crippen LogP contribution in [-0.4, -0.2) is 36.9 Å². The van der Waals surface area contributed by atoms with Crippen LogP contribution in [-0.2, 0) is 4.79 Å². The van der Waals surface area contributed by atoms with Gasteiger partial charge in [-0.15, -0.1) is 12.4 Å². The number of nitrogens with one attached hydrogen (secondary N) is 2. The summed E-state index contributed by atoms with van der Waals surface area (Å²) in [6, 6.07) is -3.78. The molecule has 3 atom stereocenters. The van der Waals surface area contributed by atoms with Gasteiger partial charge in [0.2, 0.25) is 0 Å². The molecule has 1 aliphatic heterocycles. The van der Waals surface area contributed by atoms with Gasteiger partial charge in [-0.1, -0.05) is 6.92 Å². The van der Waals surface area contributed by atoms with Crippen molar-refractivity contribution in [2.75, 3.05) is 6.54 Å². The molecule has 1 aliphatic rings. The molecule has 0 aromatic carbocycles. The van der Waals surface area contributed by atoms with Crippen LogP contribution in [0.15, 0.2) is 0 Å². The Morgan fingerprint density at radius 3 is 2.16 bits per heavy atom. The number of halogens is 7. The highest BCUT2D eigenvalue weighted by Crippen LogP contribution is 2.30. The van der Waals surface area contributed by atoms with Crippen molar-refractivity contribution in [2.24, 2.45) is 5.92 Å². The summed E-state index contributed by atoms with van der Waals surface area (Å²) in [5.41, 5.74) is 0. The van der Waals surface area contributed by atoms with E-state index in [1.807, 2.05) is 0 Å². The first-order chi connectivity index (χ1) is 8.03. The molecular weight excluding hydrogens is 302 g/mol. The van der Waals surface area contributed by atoms with Crippen LogP contribution in [0.4, 0.5) is 26.3 Å². The Morgan fingerprint density at radius 1 is 1.21 bits per heavy atom. The van der Waals surface area contributed by atoms with E-state index in [9.17, 15) is 31.1 Å². The maximum absolute atomic E-state index is 12.6. The summed E-state index contributed by atoms with van der Waals surface area (Å²) in [6.45, 7) is 1.42. The molecule has 19 heavy (non-hydrogen) atoms. The van der Waals surface area contributed by atoms with Crippen LogP contribution in [0.5, 0.6) is 0 Å². The quantitative estimate of drug-likeness (QED) is 0.727. The smallest absolute Gasteiger partial charge is 0.343 e. The Balaban J connectivity index is 0.00000324. The van der Waals surface area contributed by atoms with Crippen LogP contribution in [0.3, 0.4) is 0 Å². The zero-order chi connectivity index (χ0) is 14.1. The lowest BCUT2D eigenvalue weighted by Crippen LogP contribution is -2.64. The van der Waals surface area contributed by atoms with E-state index in [0.29, 0.717) is 0 Å². The minimum absolute atomic E-state index is 0. The maximum atomic E-state index is 12.6. The first-order valence-electron chi connectivity index (χ1n) is 5.21. The van der Waals surface area contributed by atoms with Gasteiger partial charge in [-0.25, -0.2) is 0 Å². The molecule has 0 aliphatic carbocycles. The minimum atomic E-state index is -5.19. The third kappa shape index (κ3) is 4.72. The maximum Gasteiger partial charge on any atom is 0.471 e. The van der Waals surface area contributed by atoms with Crippen molar-refractivity contribution < 1.29 is 31.1 Å². The fourth-order valence-electron chi connectivity index (χ4n) is 1.88. The monoisotopic (exact) mass is 314 g/mol.